The topological polar surface area (TPSA) is 22.0 Å². The number of hydrogen-bond donors (Lipinski definition) is 0. The van der Waals surface area contributed by atoms with Crippen molar-refractivity contribution in [3.8, 4) is 5.69 Å². The first-order valence-corrected chi connectivity index (χ1v) is 5.41. The van der Waals surface area contributed by atoms with Crippen LogP contribution in [0.25, 0.3) is 5.69 Å². The molecule has 1 heterocycles. The molecule has 15 heavy (non-hydrogen) atoms. The molecule has 2 rings (SSSR count). The lowest BCUT2D eigenvalue weighted by Crippen LogP contribution is -2.16. The van der Waals surface area contributed by atoms with Crippen LogP contribution < -0.4 is 5.56 Å². The molecular formula is C12H10BrNO. The zero-order chi connectivity index (χ0) is 10.8. The molecule has 0 atom stereocenters. The fourth-order valence-electron chi connectivity index (χ4n) is 1.42. The van der Waals surface area contributed by atoms with Crippen molar-refractivity contribution < 1.29 is 0 Å². The van der Waals surface area contributed by atoms with Crippen LogP contribution in [0.5, 0.6) is 0 Å². The summed E-state index contributed by atoms with van der Waals surface area (Å²) in [4.78, 5) is 11.6. The zero-order valence-corrected chi connectivity index (χ0v) is 9.86. The van der Waals surface area contributed by atoms with Gasteiger partial charge in [0.15, 0.2) is 0 Å². The molecule has 0 bridgehead atoms. The van der Waals surface area contributed by atoms with Crippen molar-refractivity contribution in [2.45, 2.75) is 6.92 Å². The molecule has 0 aliphatic heterocycles. The number of aromatic nitrogens is 1. The third kappa shape index (κ3) is 2.18. The molecule has 2 aromatic rings. The van der Waals surface area contributed by atoms with Crippen LogP contribution in [0.2, 0.25) is 0 Å². The third-order valence-corrected chi connectivity index (χ3v) is 2.64. The summed E-state index contributed by atoms with van der Waals surface area (Å²) in [6.07, 6.45) is 1.84. The van der Waals surface area contributed by atoms with Gasteiger partial charge in [0.25, 0.3) is 5.56 Å². The van der Waals surface area contributed by atoms with Crippen molar-refractivity contribution in [1.82, 2.24) is 4.57 Å². The molecule has 0 unspecified atom stereocenters. The van der Waals surface area contributed by atoms with E-state index in [1.165, 1.54) is 0 Å². The maximum absolute atomic E-state index is 11.6. The number of benzene rings is 1. The van der Waals surface area contributed by atoms with E-state index in [0.717, 1.165) is 15.7 Å². The molecule has 76 valence electrons. The Labute approximate surface area is 96.3 Å². The molecule has 0 spiro atoms. The predicted molar refractivity (Wildman–Crippen MR) is 64.5 cm³/mol. The van der Waals surface area contributed by atoms with E-state index in [9.17, 15) is 4.79 Å². The molecule has 0 aliphatic rings. The molecule has 0 saturated carbocycles. The Kier molecular flexibility index (Phi) is 2.73. The highest BCUT2D eigenvalue weighted by atomic mass is 79.9. The third-order valence-electron chi connectivity index (χ3n) is 2.15. The first-order chi connectivity index (χ1) is 7.16. The van der Waals surface area contributed by atoms with Gasteiger partial charge in [-0.15, -0.1) is 0 Å². The Bertz CT molecular complexity index is 545. The molecule has 0 N–H and O–H groups in total. The molecule has 1 aromatic carbocycles. The summed E-state index contributed by atoms with van der Waals surface area (Å²) < 4.78 is 2.61. The summed E-state index contributed by atoms with van der Waals surface area (Å²) in [5, 5.41) is 0. The van der Waals surface area contributed by atoms with Gasteiger partial charge in [0.2, 0.25) is 0 Å². The molecule has 3 heteroatoms. The highest BCUT2D eigenvalue weighted by molar-refractivity contribution is 9.10. The van der Waals surface area contributed by atoms with Crippen LogP contribution in [0.1, 0.15) is 5.56 Å². The van der Waals surface area contributed by atoms with Crippen LogP contribution in [0.4, 0.5) is 0 Å². The van der Waals surface area contributed by atoms with E-state index in [2.05, 4.69) is 15.9 Å². The Hall–Kier alpha value is -1.35. The smallest absolute Gasteiger partial charge is 0.255 e. The van der Waals surface area contributed by atoms with Crippen molar-refractivity contribution in [2.75, 3.05) is 0 Å². The quantitative estimate of drug-likeness (QED) is 0.776. The molecule has 1 aromatic heterocycles. The van der Waals surface area contributed by atoms with Gasteiger partial charge in [0.05, 0.1) is 0 Å². The highest BCUT2D eigenvalue weighted by Gasteiger charge is 1.99. The SMILES string of the molecule is Cc1ccc(=O)n(-c2cccc(Br)c2)c1. The van der Waals surface area contributed by atoms with Crippen LogP contribution in [0, 0.1) is 6.92 Å². The van der Waals surface area contributed by atoms with Crippen molar-refractivity contribution in [3.05, 3.63) is 63.0 Å². The van der Waals surface area contributed by atoms with Gasteiger partial charge >= 0.3 is 0 Å². The van der Waals surface area contributed by atoms with Gasteiger partial charge in [-0.25, -0.2) is 0 Å². The lowest BCUT2D eigenvalue weighted by Gasteiger charge is -2.06. The summed E-state index contributed by atoms with van der Waals surface area (Å²) in [6, 6.07) is 11.1. The number of rotatable bonds is 1. The Morgan fingerprint density at radius 2 is 2.00 bits per heavy atom. The summed E-state index contributed by atoms with van der Waals surface area (Å²) in [5.41, 5.74) is 1.92. The standard InChI is InChI=1S/C12H10BrNO/c1-9-5-6-12(15)14(8-9)11-4-2-3-10(13)7-11/h2-8H,1H3. The van der Waals surface area contributed by atoms with Crippen LogP contribution in [0.15, 0.2) is 51.9 Å². The van der Waals surface area contributed by atoms with E-state index in [0.29, 0.717) is 0 Å². The van der Waals surface area contributed by atoms with Gasteiger partial charge in [-0.05, 0) is 30.7 Å². The minimum absolute atomic E-state index is 0.0151. The number of pyridine rings is 1. The highest BCUT2D eigenvalue weighted by Crippen LogP contribution is 2.14. The van der Waals surface area contributed by atoms with Crippen molar-refractivity contribution in [1.29, 1.82) is 0 Å². The van der Waals surface area contributed by atoms with E-state index < -0.39 is 0 Å². The first-order valence-electron chi connectivity index (χ1n) is 4.62. The Morgan fingerprint density at radius 1 is 1.20 bits per heavy atom. The zero-order valence-electron chi connectivity index (χ0n) is 8.27. The molecule has 0 saturated heterocycles. The van der Waals surface area contributed by atoms with Gasteiger partial charge in [-0.2, -0.15) is 0 Å². The largest absolute Gasteiger partial charge is 0.284 e. The molecule has 0 radical (unpaired) electrons. The summed E-state index contributed by atoms with van der Waals surface area (Å²) in [5.74, 6) is 0. The maximum Gasteiger partial charge on any atom is 0.255 e. The average Bonchev–Trinajstić information content (AvgIpc) is 2.22. The monoisotopic (exact) mass is 263 g/mol. The first kappa shape index (κ1) is 10.2. The van der Waals surface area contributed by atoms with Gasteiger partial charge in [-0.1, -0.05) is 28.1 Å². The predicted octanol–water partition coefficient (Wildman–Crippen LogP) is 2.91. The van der Waals surface area contributed by atoms with Crippen molar-refractivity contribution >= 4 is 15.9 Å². The maximum atomic E-state index is 11.6. The lowest BCUT2D eigenvalue weighted by atomic mass is 10.3. The Morgan fingerprint density at radius 3 is 2.73 bits per heavy atom. The minimum atomic E-state index is -0.0151. The van der Waals surface area contributed by atoms with Crippen LogP contribution >= 0.6 is 15.9 Å². The lowest BCUT2D eigenvalue weighted by molar-refractivity contribution is 0.975. The normalized spacial score (nSPS) is 10.3. The van der Waals surface area contributed by atoms with Crippen molar-refractivity contribution in [2.24, 2.45) is 0 Å². The second-order valence-corrected chi connectivity index (χ2v) is 4.31. The van der Waals surface area contributed by atoms with Crippen LogP contribution in [-0.4, -0.2) is 4.57 Å². The molecular weight excluding hydrogens is 254 g/mol. The second-order valence-electron chi connectivity index (χ2n) is 3.39. The molecule has 0 fully saturated rings. The number of halogens is 1. The fourth-order valence-corrected chi connectivity index (χ4v) is 1.81. The van der Waals surface area contributed by atoms with Gasteiger partial charge in [0, 0.05) is 22.4 Å². The van der Waals surface area contributed by atoms with Gasteiger partial charge in [-0.3, -0.25) is 9.36 Å². The van der Waals surface area contributed by atoms with Gasteiger partial charge < -0.3 is 0 Å². The van der Waals surface area contributed by atoms with E-state index in [1.807, 2.05) is 43.5 Å². The van der Waals surface area contributed by atoms with E-state index in [4.69, 9.17) is 0 Å². The van der Waals surface area contributed by atoms with E-state index >= 15 is 0 Å². The van der Waals surface area contributed by atoms with E-state index in [1.54, 1.807) is 10.6 Å². The summed E-state index contributed by atoms with van der Waals surface area (Å²) >= 11 is 3.39. The Balaban J connectivity index is 2.63. The molecule has 2 nitrogen and oxygen atoms in total. The van der Waals surface area contributed by atoms with Crippen molar-refractivity contribution in [3.63, 3.8) is 0 Å². The number of hydrogen-bond acceptors (Lipinski definition) is 1. The summed E-state index contributed by atoms with van der Waals surface area (Å²) in [7, 11) is 0. The fraction of sp³-hybridized carbons (Fsp3) is 0.0833. The van der Waals surface area contributed by atoms with Gasteiger partial charge in [0.1, 0.15) is 0 Å². The van der Waals surface area contributed by atoms with Crippen LogP contribution in [0.3, 0.4) is 0 Å². The molecule has 0 aliphatic carbocycles. The summed E-state index contributed by atoms with van der Waals surface area (Å²) in [6.45, 7) is 1.97. The second kappa shape index (κ2) is 4.03. The van der Waals surface area contributed by atoms with E-state index in [-0.39, 0.29) is 5.56 Å². The number of nitrogens with zero attached hydrogens (tertiary/aromatic N) is 1. The minimum Gasteiger partial charge on any atom is -0.284 e. The average molecular weight is 264 g/mol. The molecule has 0 amide bonds. The number of aryl methyl sites for hydroxylation is 1. The van der Waals surface area contributed by atoms with Crippen LogP contribution in [-0.2, 0) is 0 Å².